The Morgan fingerprint density at radius 1 is 1.20 bits per heavy atom. The summed E-state index contributed by atoms with van der Waals surface area (Å²) in [4.78, 5) is 0. The molecule has 0 spiro atoms. The minimum absolute atomic E-state index is 0.468. The van der Waals surface area contributed by atoms with Gasteiger partial charge in [-0.15, -0.1) is 0 Å². The van der Waals surface area contributed by atoms with Crippen LogP contribution in [0.2, 0.25) is 0 Å². The van der Waals surface area contributed by atoms with E-state index in [1.165, 1.54) is 11.1 Å². The Bertz CT molecular complexity index is 364. The highest BCUT2D eigenvalue weighted by molar-refractivity contribution is 7.08. The third-order valence-corrected chi connectivity index (χ3v) is 3.85. The molecule has 0 saturated heterocycles. The van der Waals surface area contributed by atoms with Crippen LogP contribution < -0.4 is 5.32 Å². The molecule has 80 valence electrons. The first-order valence-electron chi connectivity index (χ1n) is 5.16. The van der Waals surface area contributed by atoms with Crippen LogP contribution in [-0.2, 0) is 6.42 Å². The van der Waals surface area contributed by atoms with E-state index < -0.39 is 0 Å². The topological polar surface area (TPSA) is 12.0 Å². The Hall–Kier alpha value is -0.640. The minimum atomic E-state index is 0.468. The molecule has 0 radical (unpaired) electrons. The molecule has 2 rings (SSSR count). The molecule has 0 fully saturated rings. The molecular weight excluding hydrogens is 222 g/mol. The van der Waals surface area contributed by atoms with Crippen LogP contribution in [0.3, 0.4) is 0 Å². The second kappa shape index (κ2) is 5.45. The maximum absolute atomic E-state index is 3.53. The van der Waals surface area contributed by atoms with Gasteiger partial charge >= 0.3 is 0 Å². The monoisotopic (exact) mass is 237 g/mol. The lowest BCUT2D eigenvalue weighted by Gasteiger charge is -2.15. The molecule has 15 heavy (non-hydrogen) atoms. The predicted octanol–water partition coefficient (Wildman–Crippen LogP) is 3.70. The van der Waals surface area contributed by atoms with Crippen molar-refractivity contribution in [2.24, 2.45) is 0 Å². The Balaban J connectivity index is 2.07. The van der Waals surface area contributed by atoms with E-state index in [0.717, 1.165) is 13.0 Å². The fourth-order valence-corrected chi connectivity index (χ4v) is 3.07. The van der Waals surface area contributed by atoms with Gasteiger partial charge in [0.2, 0.25) is 0 Å². The van der Waals surface area contributed by atoms with Gasteiger partial charge in [-0.2, -0.15) is 22.7 Å². The third-order valence-electron chi connectivity index (χ3n) is 2.42. The number of hydrogen-bond donors (Lipinski definition) is 1. The number of nitrogens with one attached hydrogen (secondary N) is 1. The molecular formula is C12H15NS2. The number of likely N-dealkylation sites (N-methyl/N-ethyl adjacent to an activating group) is 1. The average Bonchev–Trinajstić information content (AvgIpc) is 2.89. The quantitative estimate of drug-likeness (QED) is 0.836. The molecule has 1 N–H and O–H groups in total. The van der Waals surface area contributed by atoms with Crippen LogP contribution in [0.1, 0.15) is 24.1 Å². The normalized spacial score (nSPS) is 12.9. The summed E-state index contributed by atoms with van der Waals surface area (Å²) in [6.45, 7) is 3.18. The predicted molar refractivity (Wildman–Crippen MR) is 68.8 cm³/mol. The van der Waals surface area contributed by atoms with E-state index in [-0.39, 0.29) is 0 Å². The second-order valence-electron chi connectivity index (χ2n) is 3.50. The Morgan fingerprint density at radius 2 is 2.00 bits per heavy atom. The highest BCUT2D eigenvalue weighted by atomic mass is 32.1. The van der Waals surface area contributed by atoms with E-state index in [4.69, 9.17) is 0 Å². The zero-order chi connectivity index (χ0) is 10.5. The summed E-state index contributed by atoms with van der Waals surface area (Å²) >= 11 is 3.54. The molecule has 0 saturated carbocycles. The first-order valence-corrected chi connectivity index (χ1v) is 7.05. The highest BCUT2D eigenvalue weighted by Crippen LogP contribution is 2.21. The van der Waals surface area contributed by atoms with Gasteiger partial charge in [0, 0.05) is 6.04 Å². The summed E-state index contributed by atoms with van der Waals surface area (Å²) in [6, 6.07) is 4.89. The van der Waals surface area contributed by atoms with Gasteiger partial charge in [0.15, 0.2) is 0 Å². The zero-order valence-corrected chi connectivity index (χ0v) is 10.4. The molecule has 2 aromatic heterocycles. The van der Waals surface area contributed by atoms with Crippen LogP contribution in [0.4, 0.5) is 0 Å². The van der Waals surface area contributed by atoms with Crippen molar-refractivity contribution in [3.05, 3.63) is 44.8 Å². The molecule has 1 atom stereocenters. The van der Waals surface area contributed by atoms with E-state index >= 15 is 0 Å². The van der Waals surface area contributed by atoms with Crippen LogP contribution in [0.5, 0.6) is 0 Å². The van der Waals surface area contributed by atoms with Crippen molar-refractivity contribution in [3.8, 4) is 0 Å². The average molecular weight is 237 g/mol. The smallest absolute Gasteiger partial charge is 0.0369 e. The Morgan fingerprint density at radius 3 is 2.60 bits per heavy atom. The van der Waals surface area contributed by atoms with Crippen molar-refractivity contribution >= 4 is 22.7 Å². The molecule has 0 aromatic carbocycles. The fourth-order valence-electron chi connectivity index (χ4n) is 1.67. The summed E-state index contributed by atoms with van der Waals surface area (Å²) in [5, 5.41) is 12.3. The summed E-state index contributed by atoms with van der Waals surface area (Å²) in [5.74, 6) is 0. The van der Waals surface area contributed by atoms with E-state index in [1.807, 2.05) is 0 Å². The standard InChI is InChI=1S/C12H15NS2/c1-2-13-12(11-4-6-15-9-11)7-10-3-5-14-8-10/h3-6,8-9,12-13H,2,7H2,1H3. The summed E-state index contributed by atoms with van der Waals surface area (Å²) in [7, 11) is 0. The first kappa shape index (κ1) is 10.9. The van der Waals surface area contributed by atoms with Gasteiger partial charge < -0.3 is 5.32 Å². The van der Waals surface area contributed by atoms with Gasteiger partial charge in [-0.25, -0.2) is 0 Å². The minimum Gasteiger partial charge on any atom is -0.310 e. The van der Waals surface area contributed by atoms with Crippen molar-refractivity contribution in [2.75, 3.05) is 6.54 Å². The summed E-state index contributed by atoms with van der Waals surface area (Å²) in [5.41, 5.74) is 2.84. The summed E-state index contributed by atoms with van der Waals surface area (Å²) < 4.78 is 0. The van der Waals surface area contributed by atoms with Gasteiger partial charge in [-0.1, -0.05) is 6.92 Å². The van der Waals surface area contributed by atoms with Crippen LogP contribution in [-0.4, -0.2) is 6.54 Å². The Kier molecular flexibility index (Phi) is 3.94. The van der Waals surface area contributed by atoms with Crippen molar-refractivity contribution in [1.82, 2.24) is 5.32 Å². The molecule has 0 aliphatic heterocycles. The second-order valence-corrected chi connectivity index (χ2v) is 5.06. The SMILES string of the molecule is CCNC(Cc1ccsc1)c1ccsc1. The van der Waals surface area contributed by atoms with Gasteiger partial charge in [-0.05, 0) is 57.7 Å². The van der Waals surface area contributed by atoms with E-state index in [0.29, 0.717) is 6.04 Å². The van der Waals surface area contributed by atoms with Crippen LogP contribution >= 0.6 is 22.7 Å². The van der Waals surface area contributed by atoms with Crippen LogP contribution in [0.25, 0.3) is 0 Å². The van der Waals surface area contributed by atoms with Gasteiger partial charge in [0.05, 0.1) is 0 Å². The number of rotatable bonds is 5. The number of thiophene rings is 2. The maximum atomic E-state index is 3.53. The molecule has 2 heterocycles. The first-order chi connectivity index (χ1) is 7.40. The zero-order valence-electron chi connectivity index (χ0n) is 8.77. The fraction of sp³-hybridized carbons (Fsp3) is 0.333. The molecule has 3 heteroatoms. The van der Waals surface area contributed by atoms with Gasteiger partial charge in [0.25, 0.3) is 0 Å². The van der Waals surface area contributed by atoms with Crippen molar-refractivity contribution in [2.45, 2.75) is 19.4 Å². The number of hydrogen-bond acceptors (Lipinski definition) is 3. The molecule has 2 aromatic rings. The molecule has 1 nitrogen and oxygen atoms in total. The lowest BCUT2D eigenvalue weighted by molar-refractivity contribution is 0.552. The maximum Gasteiger partial charge on any atom is 0.0369 e. The highest BCUT2D eigenvalue weighted by Gasteiger charge is 2.11. The van der Waals surface area contributed by atoms with Crippen molar-refractivity contribution < 1.29 is 0 Å². The molecule has 0 bridgehead atoms. The van der Waals surface area contributed by atoms with Gasteiger partial charge in [-0.3, -0.25) is 0 Å². The molecule has 1 unspecified atom stereocenters. The van der Waals surface area contributed by atoms with E-state index in [2.05, 4.69) is 45.9 Å². The van der Waals surface area contributed by atoms with Crippen LogP contribution in [0.15, 0.2) is 33.7 Å². The molecule has 0 aliphatic rings. The van der Waals surface area contributed by atoms with Gasteiger partial charge in [0.1, 0.15) is 0 Å². The largest absolute Gasteiger partial charge is 0.310 e. The third kappa shape index (κ3) is 2.91. The molecule has 0 amide bonds. The van der Waals surface area contributed by atoms with Crippen LogP contribution in [0, 0.1) is 0 Å². The molecule has 0 aliphatic carbocycles. The van der Waals surface area contributed by atoms with E-state index in [1.54, 1.807) is 22.7 Å². The van der Waals surface area contributed by atoms with Crippen molar-refractivity contribution in [3.63, 3.8) is 0 Å². The van der Waals surface area contributed by atoms with E-state index in [9.17, 15) is 0 Å². The van der Waals surface area contributed by atoms with Crippen molar-refractivity contribution in [1.29, 1.82) is 0 Å². The Labute approximate surface area is 98.8 Å². The summed E-state index contributed by atoms with van der Waals surface area (Å²) in [6.07, 6.45) is 1.09. The lowest BCUT2D eigenvalue weighted by atomic mass is 10.0. The lowest BCUT2D eigenvalue weighted by Crippen LogP contribution is -2.22.